The average Bonchev–Trinajstić information content (AvgIpc) is 2.50. The molecule has 1 aromatic carbocycles. The van der Waals surface area contributed by atoms with Gasteiger partial charge >= 0.3 is 0 Å². The Labute approximate surface area is 128 Å². The summed E-state index contributed by atoms with van der Waals surface area (Å²) in [4.78, 5) is 16.2. The van der Waals surface area contributed by atoms with E-state index in [1.165, 1.54) is 0 Å². The van der Waals surface area contributed by atoms with Crippen LogP contribution in [0, 0.1) is 18.6 Å². The van der Waals surface area contributed by atoms with Crippen molar-refractivity contribution in [2.24, 2.45) is 0 Å². The third-order valence-corrected chi connectivity index (χ3v) is 3.41. The molecule has 1 N–H and O–H groups in total. The lowest BCUT2D eigenvalue weighted by Crippen LogP contribution is -2.30. The Hall–Kier alpha value is -2.30. The van der Waals surface area contributed by atoms with Crippen LogP contribution in [0.2, 0.25) is 0 Å². The number of carbonyl (C=O) groups is 1. The summed E-state index contributed by atoms with van der Waals surface area (Å²) in [5.74, 6) is -1.29. The van der Waals surface area contributed by atoms with Gasteiger partial charge in [-0.15, -0.1) is 0 Å². The van der Waals surface area contributed by atoms with Crippen LogP contribution in [-0.2, 0) is 11.2 Å². The van der Waals surface area contributed by atoms with E-state index in [1.807, 2.05) is 26.0 Å². The van der Waals surface area contributed by atoms with Crippen LogP contribution in [-0.4, -0.2) is 10.9 Å². The first kappa shape index (κ1) is 16.1. The highest BCUT2D eigenvalue weighted by atomic mass is 19.1. The standard InChI is InChI=1S/C17H18F2N2O/c1-3-16(14-9-13(18)6-7-15(14)19)21-17(22)8-12-5-4-11(2)20-10-12/h4-7,9-10,16H,3,8H2,1-2H3,(H,21,22)/t16-/m1/s1. The largest absolute Gasteiger partial charge is 0.349 e. The van der Waals surface area contributed by atoms with Gasteiger partial charge in [-0.3, -0.25) is 9.78 Å². The maximum absolute atomic E-state index is 13.8. The van der Waals surface area contributed by atoms with E-state index < -0.39 is 17.7 Å². The van der Waals surface area contributed by atoms with E-state index in [-0.39, 0.29) is 17.9 Å². The second kappa shape index (κ2) is 7.11. The molecular formula is C17H18F2N2O. The highest BCUT2D eigenvalue weighted by Gasteiger charge is 2.17. The topological polar surface area (TPSA) is 42.0 Å². The summed E-state index contributed by atoms with van der Waals surface area (Å²) in [6.07, 6.45) is 2.26. The number of amides is 1. The molecule has 22 heavy (non-hydrogen) atoms. The normalized spacial score (nSPS) is 12.0. The molecule has 1 amide bonds. The van der Waals surface area contributed by atoms with Crippen molar-refractivity contribution in [3.63, 3.8) is 0 Å². The van der Waals surface area contributed by atoms with Gasteiger partial charge < -0.3 is 5.32 Å². The van der Waals surface area contributed by atoms with Crippen LogP contribution in [0.5, 0.6) is 0 Å². The molecule has 0 radical (unpaired) electrons. The van der Waals surface area contributed by atoms with Crippen LogP contribution in [0.3, 0.4) is 0 Å². The van der Waals surface area contributed by atoms with Gasteiger partial charge in [-0.1, -0.05) is 13.0 Å². The SMILES string of the molecule is CC[C@@H](NC(=O)Cc1ccc(C)nc1)c1cc(F)ccc1F. The van der Waals surface area contributed by atoms with Crippen LogP contribution >= 0.6 is 0 Å². The number of nitrogens with zero attached hydrogens (tertiary/aromatic N) is 1. The molecule has 0 spiro atoms. The first-order valence-electron chi connectivity index (χ1n) is 7.15. The van der Waals surface area contributed by atoms with Gasteiger partial charge in [0.1, 0.15) is 11.6 Å². The molecule has 1 heterocycles. The Bertz CT molecular complexity index is 656. The third kappa shape index (κ3) is 4.10. The molecule has 3 nitrogen and oxygen atoms in total. The van der Waals surface area contributed by atoms with Crippen molar-refractivity contribution >= 4 is 5.91 Å². The van der Waals surface area contributed by atoms with Gasteiger partial charge in [-0.2, -0.15) is 0 Å². The summed E-state index contributed by atoms with van der Waals surface area (Å²) in [5, 5.41) is 2.74. The Kier molecular flexibility index (Phi) is 5.20. The molecule has 0 aliphatic carbocycles. The minimum absolute atomic E-state index is 0.153. The Morgan fingerprint density at radius 3 is 2.68 bits per heavy atom. The second-order valence-electron chi connectivity index (χ2n) is 5.18. The van der Waals surface area contributed by atoms with Crippen LogP contribution in [0.15, 0.2) is 36.5 Å². The molecule has 1 aromatic heterocycles. The summed E-state index contributed by atoms with van der Waals surface area (Å²) in [5.41, 5.74) is 1.81. The van der Waals surface area contributed by atoms with Crippen LogP contribution in [0.4, 0.5) is 8.78 Å². The number of halogens is 2. The number of aryl methyl sites for hydroxylation is 1. The monoisotopic (exact) mass is 304 g/mol. The molecule has 2 aromatic rings. The molecule has 5 heteroatoms. The molecule has 0 unspecified atom stereocenters. The van der Waals surface area contributed by atoms with E-state index in [0.29, 0.717) is 6.42 Å². The maximum Gasteiger partial charge on any atom is 0.224 e. The zero-order valence-corrected chi connectivity index (χ0v) is 12.6. The Balaban J connectivity index is 2.07. The van der Waals surface area contributed by atoms with Crippen LogP contribution in [0.25, 0.3) is 0 Å². The van der Waals surface area contributed by atoms with Crippen molar-refractivity contribution in [3.05, 3.63) is 65.0 Å². The quantitative estimate of drug-likeness (QED) is 0.919. The molecule has 1 atom stereocenters. The number of benzene rings is 1. The molecule has 2 rings (SSSR count). The fourth-order valence-corrected chi connectivity index (χ4v) is 2.22. The fourth-order valence-electron chi connectivity index (χ4n) is 2.22. The van der Waals surface area contributed by atoms with Gasteiger partial charge in [0.05, 0.1) is 12.5 Å². The molecular weight excluding hydrogens is 286 g/mol. The second-order valence-corrected chi connectivity index (χ2v) is 5.18. The number of hydrogen-bond donors (Lipinski definition) is 1. The van der Waals surface area contributed by atoms with Crippen molar-refractivity contribution in [2.75, 3.05) is 0 Å². The fraction of sp³-hybridized carbons (Fsp3) is 0.294. The van der Waals surface area contributed by atoms with Crippen molar-refractivity contribution in [1.29, 1.82) is 0 Å². The highest BCUT2D eigenvalue weighted by Crippen LogP contribution is 2.21. The first-order chi connectivity index (χ1) is 10.5. The smallest absolute Gasteiger partial charge is 0.224 e. The summed E-state index contributed by atoms with van der Waals surface area (Å²) in [6, 6.07) is 6.35. The molecule has 0 aliphatic rings. The molecule has 0 aliphatic heterocycles. The van der Waals surface area contributed by atoms with E-state index in [9.17, 15) is 13.6 Å². The van der Waals surface area contributed by atoms with E-state index in [0.717, 1.165) is 29.5 Å². The zero-order valence-electron chi connectivity index (χ0n) is 12.6. The lowest BCUT2D eigenvalue weighted by atomic mass is 10.0. The van der Waals surface area contributed by atoms with Crippen molar-refractivity contribution in [1.82, 2.24) is 10.3 Å². The number of pyridine rings is 1. The van der Waals surface area contributed by atoms with Gasteiger partial charge in [0.15, 0.2) is 0 Å². The van der Waals surface area contributed by atoms with Crippen molar-refractivity contribution < 1.29 is 13.6 Å². The van der Waals surface area contributed by atoms with E-state index in [1.54, 1.807) is 6.20 Å². The predicted molar refractivity (Wildman–Crippen MR) is 80.2 cm³/mol. The molecule has 0 bridgehead atoms. The lowest BCUT2D eigenvalue weighted by molar-refractivity contribution is -0.121. The summed E-state index contributed by atoms with van der Waals surface area (Å²) in [7, 11) is 0. The Morgan fingerprint density at radius 2 is 2.05 bits per heavy atom. The number of nitrogens with one attached hydrogen (secondary N) is 1. The predicted octanol–water partition coefficient (Wildman–Crippen LogP) is 3.48. The third-order valence-electron chi connectivity index (χ3n) is 3.41. The van der Waals surface area contributed by atoms with E-state index in [2.05, 4.69) is 10.3 Å². The minimum atomic E-state index is -0.554. The summed E-state index contributed by atoms with van der Waals surface area (Å²) >= 11 is 0. The van der Waals surface area contributed by atoms with Gasteiger partial charge in [0.25, 0.3) is 0 Å². The number of carbonyl (C=O) groups excluding carboxylic acids is 1. The van der Waals surface area contributed by atoms with Gasteiger partial charge in [-0.05, 0) is 43.2 Å². The average molecular weight is 304 g/mol. The lowest BCUT2D eigenvalue weighted by Gasteiger charge is -2.18. The maximum atomic E-state index is 13.8. The van der Waals surface area contributed by atoms with Crippen molar-refractivity contribution in [3.8, 4) is 0 Å². The molecule has 0 fully saturated rings. The number of rotatable bonds is 5. The van der Waals surface area contributed by atoms with E-state index >= 15 is 0 Å². The minimum Gasteiger partial charge on any atom is -0.349 e. The molecule has 0 saturated heterocycles. The van der Waals surface area contributed by atoms with Crippen LogP contribution in [0.1, 0.15) is 36.2 Å². The van der Waals surface area contributed by atoms with Gasteiger partial charge in [0.2, 0.25) is 5.91 Å². The summed E-state index contributed by atoms with van der Waals surface area (Å²) < 4.78 is 27.1. The number of hydrogen-bond acceptors (Lipinski definition) is 2. The van der Waals surface area contributed by atoms with Crippen LogP contribution < -0.4 is 5.32 Å². The molecule has 0 saturated carbocycles. The zero-order chi connectivity index (χ0) is 16.1. The van der Waals surface area contributed by atoms with Gasteiger partial charge in [0, 0.05) is 17.5 Å². The highest BCUT2D eigenvalue weighted by molar-refractivity contribution is 5.78. The molecule has 116 valence electrons. The van der Waals surface area contributed by atoms with E-state index in [4.69, 9.17) is 0 Å². The first-order valence-corrected chi connectivity index (χ1v) is 7.15. The number of aromatic nitrogens is 1. The van der Waals surface area contributed by atoms with Crippen molar-refractivity contribution in [2.45, 2.75) is 32.7 Å². The summed E-state index contributed by atoms with van der Waals surface area (Å²) in [6.45, 7) is 3.67. The Morgan fingerprint density at radius 1 is 1.27 bits per heavy atom. The van der Waals surface area contributed by atoms with Gasteiger partial charge in [-0.25, -0.2) is 8.78 Å².